The van der Waals surface area contributed by atoms with Gasteiger partial charge in [0.2, 0.25) is 0 Å². The van der Waals surface area contributed by atoms with Crippen molar-refractivity contribution < 1.29 is 4.92 Å². The van der Waals surface area contributed by atoms with Crippen molar-refractivity contribution in [3.8, 4) is 0 Å². The van der Waals surface area contributed by atoms with Crippen LogP contribution in [0.15, 0.2) is 23.5 Å². The predicted molar refractivity (Wildman–Crippen MR) is 59.9 cm³/mol. The molecule has 0 atom stereocenters. The molecule has 1 aliphatic rings. The normalized spacial score (nSPS) is 15.6. The van der Waals surface area contributed by atoms with Crippen molar-refractivity contribution in [3.63, 3.8) is 0 Å². The highest BCUT2D eigenvalue weighted by atomic mass is 16.6. The molecular weight excluding hydrogens is 192 g/mol. The second kappa shape index (κ2) is 5.53. The Morgan fingerprint density at radius 1 is 1.60 bits per heavy atom. The molecule has 0 heterocycles. The van der Waals surface area contributed by atoms with Crippen LogP contribution in [0.2, 0.25) is 0 Å². The first kappa shape index (κ1) is 11.8. The molecule has 1 rings (SSSR count). The molecule has 4 nitrogen and oxygen atoms in total. The highest BCUT2D eigenvalue weighted by Gasteiger charge is 2.20. The standard InChI is InChI=1S/C11H18N2O2/c1-3-4-9-12(2)10-7-5-6-8-11(10)13(14)15/h6,8H,3-5,7,9H2,1-2H3. The van der Waals surface area contributed by atoms with E-state index in [9.17, 15) is 10.1 Å². The van der Waals surface area contributed by atoms with Gasteiger partial charge in [0.15, 0.2) is 0 Å². The van der Waals surface area contributed by atoms with Crippen molar-refractivity contribution >= 4 is 0 Å². The van der Waals surface area contributed by atoms with E-state index < -0.39 is 0 Å². The molecule has 0 amide bonds. The van der Waals surface area contributed by atoms with Crippen LogP contribution < -0.4 is 0 Å². The van der Waals surface area contributed by atoms with Gasteiger partial charge in [-0.15, -0.1) is 0 Å². The molecule has 84 valence electrons. The van der Waals surface area contributed by atoms with Crippen molar-refractivity contribution in [3.05, 3.63) is 33.7 Å². The van der Waals surface area contributed by atoms with Gasteiger partial charge in [0.05, 0.1) is 10.6 Å². The summed E-state index contributed by atoms with van der Waals surface area (Å²) in [6, 6.07) is 0. The molecule has 1 aliphatic carbocycles. The molecule has 15 heavy (non-hydrogen) atoms. The molecule has 0 aromatic heterocycles. The van der Waals surface area contributed by atoms with Gasteiger partial charge in [0, 0.05) is 19.7 Å². The van der Waals surface area contributed by atoms with Gasteiger partial charge in [0.25, 0.3) is 5.70 Å². The average Bonchev–Trinajstić information content (AvgIpc) is 2.25. The second-order valence-corrected chi connectivity index (χ2v) is 3.81. The predicted octanol–water partition coefficient (Wildman–Crippen LogP) is 2.56. The summed E-state index contributed by atoms with van der Waals surface area (Å²) in [7, 11) is 1.94. The molecule has 0 spiro atoms. The molecule has 0 fully saturated rings. The lowest BCUT2D eigenvalue weighted by Gasteiger charge is -2.23. The summed E-state index contributed by atoms with van der Waals surface area (Å²) in [5.41, 5.74) is 1.14. The maximum Gasteiger partial charge on any atom is 0.288 e. The van der Waals surface area contributed by atoms with Gasteiger partial charge in [-0.3, -0.25) is 10.1 Å². The van der Waals surface area contributed by atoms with E-state index in [-0.39, 0.29) is 10.6 Å². The van der Waals surface area contributed by atoms with E-state index >= 15 is 0 Å². The van der Waals surface area contributed by atoms with Crippen LogP contribution >= 0.6 is 0 Å². The Morgan fingerprint density at radius 3 is 2.93 bits per heavy atom. The maximum absolute atomic E-state index is 10.8. The van der Waals surface area contributed by atoms with Crippen LogP contribution in [-0.4, -0.2) is 23.4 Å². The van der Waals surface area contributed by atoms with Crippen LogP contribution in [0.25, 0.3) is 0 Å². The fraction of sp³-hybridized carbons (Fsp3) is 0.636. The van der Waals surface area contributed by atoms with Crippen LogP contribution in [0, 0.1) is 10.1 Å². The molecule has 0 aliphatic heterocycles. The van der Waals surface area contributed by atoms with E-state index in [1.54, 1.807) is 6.08 Å². The van der Waals surface area contributed by atoms with Crippen molar-refractivity contribution in [2.45, 2.75) is 32.6 Å². The van der Waals surface area contributed by atoms with Gasteiger partial charge in [-0.1, -0.05) is 19.4 Å². The van der Waals surface area contributed by atoms with E-state index in [0.717, 1.165) is 37.9 Å². The van der Waals surface area contributed by atoms with E-state index in [1.807, 2.05) is 18.0 Å². The summed E-state index contributed by atoms with van der Waals surface area (Å²) in [5.74, 6) is 0. The number of rotatable bonds is 5. The quantitative estimate of drug-likeness (QED) is 0.517. The van der Waals surface area contributed by atoms with Gasteiger partial charge in [0.1, 0.15) is 0 Å². The monoisotopic (exact) mass is 210 g/mol. The Bertz CT molecular complexity index is 295. The molecule has 0 radical (unpaired) electrons. The van der Waals surface area contributed by atoms with Gasteiger partial charge in [-0.05, 0) is 19.3 Å². The van der Waals surface area contributed by atoms with Crippen LogP contribution in [0.4, 0.5) is 0 Å². The Morgan fingerprint density at radius 2 is 2.33 bits per heavy atom. The fourth-order valence-electron chi connectivity index (χ4n) is 1.72. The highest BCUT2D eigenvalue weighted by Crippen LogP contribution is 2.22. The summed E-state index contributed by atoms with van der Waals surface area (Å²) in [5, 5.41) is 10.8. The first-order chi connectivity index (χ1) is 7.16. The van der Waals surface area contributed by atoms with Crippen molar-refractivity contribution in [2.75, 3.05) is 13.6 Å². The topological polar surface area (TPSA) is 46.4 Å². The zero-order valence-electron chi connectivity index (χ0n) is 9.40. The van der Waals surface area contributed by atoms with Crippen LogP contribution in [0.1, 0.15) is 32.6 Å². The van der Waals surface area contributed by atoms with Crippen molar-refractivity contribution in [1.82, 2.24) is 4.90 Å². The largest absolute Gasteiger partial charge is 0.372 e. The summed E-state index contributed by atoms with van der Waals surface area (Å²) >= 11 is 0. The number of allylic oxidation sites excluding steroid dienone is 3. The van der Waals surface area contributed by atoms with Crippen molar-refractivity contribution in [2.24, 2.45) is 0 Å². The molecule has 0 unspecified atom stereocenters. The number of nitrogens with zero attached hydrogens (tertiary/aromatic N) is 2. The molecule has 0 N–H and O–H groups in total. The Balaban J connectivity index is 2.78. The average molecular weight is 210 g/mol. The Labute approximate surface area is 90.4 Å². The van der Waals surface area contributed by atoms with E-state index in [0.29, 0.717) is 0 Å². The lowest BCUT2D eigenvalue weighted by molar-refractivity contribution is -0.421. The zero-order valence-corrected chi connectivity index (χ0v) is 9.40. The summed E-state index contributed by atoms with van der Waals surface area (Å²) in [6.45, 7) is 3.02. The van der Waals surface area contributed by atoms with Crippen LogP contribution in [0.5, 0.6) is 0 Å². The Kier molecular flexibility index (Phi) is 4.34. The first-order valence-corrected chi connectivity index (χ1v) is 5.42. The molecule has 0 aromatic carbocycles. The third kappa shape index (κ3) is 3.08. The van der Waals surface area contributed by atoms with Gasteiger partial charge in [-0.2, -0.15) is 0 Å². The lowest BCUT2D eigenvalue weighted by atomic mass is 10.1. The maximum atomic E-state index is 10.8. The minimum absolute atomic E-state index is 0.264. The lowest BCUT2D eigenvalue weighted by Crippen LogP contribution is -2.23. The molecule has 0 saturated heterocycles. The number of unbranched alkanes of at least 4 members (excludes halogenated alkanes) is 1. The SMILES string of the molecule is CCCCN(C)C1=C([N+](=O)[O-])C=CCC1. The first-order valence-electron chi connectivity index (χ1n) is 5.42. The van der Waals surface area contributed by atoms with E-state index in [4.69, 9.17) is 0 Å². The number of hydrogen-bond acceptors (Lipinski definition) is 3. The summed E-state index contributed by atoms with van der Waals surface area (Å²) in [6.07, 6.45) is 7.38. The minimum atomic E-state index is -0.284. The van der Waals surface area contributed by atoms with E-state index in [2.05, 4.69) is 6.92 Å². The number of hydrogen-bond donors (Lipinski definition) is 0. The molecule has 0 saturated carbocycles. The highest BCUT2D eigenvalue weighted by molar-refractivity contribution is 5.22. The van der Waals surface area contributed by atoms with Gasteiger partial charge in [-0.25, -0.2) is 0 Å². The summed E-state index contributed by atoms with van der Waals surface area (Å²) in [4.78, 5) is 12.5. The molecule has 0 aromatic rings. The number of nitro groups is 1. The molecular formula is C11H18N2O2. The molecule has 4 heteroatoms. The van der Waals surface area contributed by atoms with Crippen LogP contribution in [-0.2, 0) is 0 Å². The minimum Gasteiger partial charge on any atom is -0.372 e. The van der Waals surface area contributed by atoms with E-state index in [1.165, 1.54) is 0 Å². The summed E-state index contributed by atoms with van der Waals surface area (Å²) < 4.78 is 0. The second-order valence-electron chi connectivity index (χ2n) is 3.81. The zero-order chi connectivity index (χ0) is 11.3. The Hall–Kier alpha value is -1.32. The third-order valence-electron chi connectivity index (χ3n) is 2.62. The smallest absolute Gasteiger partial charge is 0.288 e. The van der Waals surface area contributed by atoms with Gasteiger partial charge < -0.3 is 4.90 Å². The molecule has 0 bridgehead atoms. The van der Waals surface area contributed by atoms with Gasteiger partial charge >= 0.3 is 0 Å². The fourth-order valence-corrected chi connectivity index (χ4v) is 1.72. The van der Waals surface area contributed by atoms with Crippen LogP contribution in [0.3, 0.4) is 0 Å². The van der Waals surface area contributed by atoms with Crippen molar-refractivity contribution in [1.29, 1.82) is 0 Å². The third-order valence-corrected chi connectivity index (χ3v) is 2.62.